The second-order valence-corrected chi connectivity index (χ2v) is 9.66. The first-order chi connectivity index (χ1) is 18.5. The topological polar surface area (TPSA) is 69.9 Å². The molecule has 6 nitrogen and oxygen atoms in total. The molecule has 3 aliphatic rings. The number of halogens is 2. The molecule has 2 aliphatic carbocycles. The number of allylic oxidation sites excluding steroid dienone is 1. The van der Waals surface area contributed by atoms with E-state index in [0.29, 0.717) is 53.8 Å². The van der Waals surface area contributed by atoms with Crippen molar-refractivity contribution in [2.24, 2.45) is 4.99 Å². The monoisotopic (exact) mass is 520 g/mol. The Balaban J connectivity index is 1.88. The fourth-order valence-corrected chi connectivity index (χ4v) is 5.96. The van der Waals surface area contributed by atoms with Crippen LogP contribution < -0.4 is 0 Å². The van der Waals surface area contributed by atoms with Crippen molar-refractivity contribution < 1.29 is 27.7 Å². The van der Waals surface area contributed by atoms with Crippen LogP contribution in [0.25, 0.3) is 5.57 Å². The zero-order valence-corrected chi connectivity index (χ0v) is 21.8. The first kappa shape index (κ1) is 26.1. The average Bonchev–Trinajstić information content (AvgIpc) is 3.47. The zero-order valence-electron chi connectivity index (χ0n) is 21.8. The summed E-state index contributed by atoms with van der Waals surface area (Å²) in [5, 5.41) is 0. The molecule has 0 N–H and O–H groups in total. The number of aromatic nitrogens is 1. The van der Waals surface area contributed by atoms with E-state index in [0.717, 1.165) is 46.9 Å². The maximum absolute atomic E-state index is 15.0. The molecule has 0 unspecified atom stereocenters. The maximum atomic E-state index is 15.0. The van der Waals surface area contributed by atoms with Crippen molar-refractivity contribution in [1.82, 2.24) is 4.48 Å². The number of rotatable bonds is 7. The molecular weight excluding hydrogens is 489 g/mol. The van der Waals surface area contributed by atoms with Crippen LogP contribution in [0.15, 0.2) is 52.2 Å². The SMILES string of the molecule is CCOC(=O)C1=N/C(=C(/c2ccccc2)c2c3c(c(C(=O)OCC)n2B(F)F)CCCC3)C2=C1CCCC2. The molecule has 0 saturated carbocycles. The van der Waals surface area contributed by atoms with Crippen molar-refractivity contribution in [2.75, 3.05) is 13.2 Å². The highest BCUT2D eigenvalue weighted by Gasteiger charge is 2.40. The molecule has 0 atom stereocenters. The summed E-state index contributed by atoms with van der Waals surface area (Å²) in [6, 6.07) is 9.30. The second-order valence-electron chi connectivity index (χ2n) is 9.66. The van der Waals surface area contributed by atoms with Crippen molar-refractivity contribution >= 4 is 30.6 Å². The molecule has 9 heteroatoms. The normalized spacial score (nSPS) is 17.9. The minimum Gasteiger partial charge on any atom is -0.461 e. The van der Waals surface area contributed by atoms with E-state index in [2.05, 4.69) is 0 Å². The third kappa shape index (κ3) is 4.52. The van der Waals surface area contributed by atoms with Gasteiger partial charge in [0.05, 0.1) is 18.9 Å². The molecule has 0 bridgehead atoms. The molecule has 0 fully saturated rings. The highest BCUT2D eigenvalue weighted by atomic mass is 19.2. The first-order valence-corrected chi connectivity index (χ1v) is 13.5. The van der Waals surface area contributed by atoms with Gasteiger partial charge in [0.15, 0.2) is 5.71 Å². The Hall–Kier alpha value is -3.49. The largest absolute Gasteiger partial charge is 0.678 e. The van der Waals surface area contributed by atoms with E-state index in [4.69, 9.17) is 14.5 Å². The quantitative estimate of drug-likeness (QED) is 0.334. The Morgan fingerprint density at radius 2 is 1.42 bits per heavy atom. The van der Waals surface area contributed by atoms with Gasteiger partial charge in [0.1, 0.15) is 5.69 Å². The Labute approximate surface area is 221 Å². The van der Waals surface area contributed by atoms with Crippen molar-refractivity contribution in [3.63, 3.8) is 0 Å². The third-order valence-corrected chi connectivity index (χ3v) is 7.45. The summed E-state index contributed by atoms with van der Waals surface area (Å²) in [6.45, 7) is 3.72. The van der Waals surface area contributed by atoms with Crippen LogP contribution in [-0.4, -0.2) is 42.7 Å². The molecule has 0 amide bonds. The number of carbonyl (C=O) groups is 2. The summed E-state index contributed by atoms with van der Waals surface area (Å²) >= 11 is 0. The molecule has 1 aromatic heterocycles. The number of hydrogen-bond donors (Lipinski definition) is 0. The fraction of sp³-hybridized carbons (Fsp3) is 0.414. The molecule has 5 rings (SSSR count). The highest BCUT2D eigenvalue weighted by molar-refractivity contribution is 6.45. The summed E-state index contributed by atoms with van der Waals surface area (Å²) in [4.78, 5) is 30.8. The molecule has 0 saturated heterocycles. The molecule has 2 aromatic rings. The van der Waals surface area contributed by atoms with Crippen molar-refractivity contribution in [2.45, 2.75) is 65.2 Å². The number of nitrogens with zero attached hydrogens (tertiary/aromatic N) is 2. The van der Waals surface area contributed by atoms with Gasteiger partial charge in [0.2, 0.25) is 0 Å². The number of fused-ring (bicyclic) bond motifs is 1. The third-order valence-electron chi connectivity index (χ3n) is 7.45. The number of carbonyl (C=O) groups excluding carboxylic acids is 2. The first-order valence-electron chi connectivity index (χ1n) is 13.5. The zero-order chi connectivity index (χ0) is 26.8. The smallest absolute Gasteiger partial charge is 0.461 e. The second kappa shape index (κ2) is 11.1. The van der Waals surface area contributed by atoms with Gasteiger partial charge in [0, 0.05) is 11.3 Å². The minimum atomic E-state index is -2.97. The Kier molecular flexibility index (Phi) is 7.63. The van der Waals surface area contributed by atoms with Crippen LogP contribution in [-0.2, 0) is 27.1 Å². The van der Waals surface area contributed by atoms with Gasteiger partial charge in [-0.3, -0.25) is 8.63 Å². The minimum absolute atomic E-state index is 0.0778. The molecular formula is C29H31BF2N2O4. The number of ether oxygens (including phenoxy) is 2. The van der Waals surface area contributed by atoms with Gasteiger partial charge in [-0.25, -0.2) is 14.6 Å². The Bertz CT molecular complexity index is 1360. The number of esters is 2. The fourth-order valence-electron chi connectivity index (χ4n) is 5.96. The predicted molar refractivity (Wildman–Crippen MR) is 142 cm³/mol. The molecule has 2 heterocycles. The van der Waals surface area contributed by atoms with Gasteiger partial charge in [0.25, 0.3) is 0 Å². The molecule has 198 valence electrons. The number of aliphatic imine (C=N–C) groups is 1. The van der Waals surface area contributed by atoms with Gasteiger partial charge >= 0.3 is 19.3 Å². The molecule has 38 heavy (non-hydrogen) atoms. The van der Waals surface area contributed by atoms with E-state index in [-0.39, 0.29) is 24.6 Å². The van der Waals surface area contributed by atoms with E-state index in [1.54, 1.807) is 13.8 Å². The lowest BCUT2D eigenvalue weighted by Gasteiger charge is -2.20. The van der Waals surface area contributed by atoms with Crippen LogP contribution in [0.3, 0.4) is 0 Å². The number of hydrogen-bond acceptors (Lipinski definition) is 5. The van der Waals surface area contributed by atoms with Crippen LogP contribution >= 0.6 is 0 Å². The molecule has 1 aliphatic heterocycles. The number of benzene rings is 1. The molecule has 0 radical (unpaired) electrons. The summed E-state index contributed by atoms with van der Waals surface area (Å²) in [6.07, 6.45) is 5.94. The van der Waals surface area contributed by atoms with E-state index in [1.165, 1.54) is 0 Å². The lowest BCUT2D eigenvalue weighted by molar-refractivity contribution is -0.134. The van der Waals surface area contributed by atoms with Crippen molar-refractivity contribution in [3.8, 4) is 0 Å². The van der Waals surface area contributed by atoms with E-state index < -0.39 is 19.3 Å². The van der Waals surface area contributed by atoms with Crippen molar-refractivity contribution in [3.05, 3.63) is 75.3 Å². The van der Waals surface area contributed by atoms with Crippen LogP contribution in [0.5, 0.6) is 0 Å². The summed E-state index contributed by atoms with van der Waals surface area (Å²) in [5.74, 6) is -1.24. The lowest BCUT2D eigenvalue weighted by Crippen LogP contribution is -2.24. The molecule has 1 aromatic carbocycles. The van der Waals surface area contributed by atoms with Crippen LogP contribution in [0.4, 0.5) is 8.63 Å². The van der Waals surface area contributed by atoms with E-state index >= 15 is 0 Å². The maximum Gasteiger partial charge on any atom is 0.678 e. The van der Waals surface area contributed by atoms with Crippen LogP contribution in [0.1, 0.15) is 85.2 Å². The standard InChI is InChI=1S/C29H31BF2N2O4/c1-3-37-28(35)25-20-15-9-8-14-19(20)24(33-25)23(18-12-6-5-7-13-18)26-21-16-10-11-17-22(21)27(29(36)38-4-2)34(26)30(31)32/h5-7,12-13H,3-4,8-11,14-17H2,1-2H3/b24-23-. The van der Waals surface area contributed by atoms with Gasteiger partial charge < -0.3 is 14.0 Å². The van der Waals surface area contributed by atoms with Crippen LogP contribution in [0, 0.1) is 0 Å². The lowest BCUT2D eigenvalue weighted by atomic mass is 9.84. The Morgan fingerprint density at radius 1 is 0.842 bits per heavy atom. The summed E-state index contributed by atoms with van der Waals surface area (Å²) in [7, 11) is -2.97. The highest BCUT2D eigenvalue weighted by Crippen LogP contribution is 2.45. The van der Waals surface area contributed by atoms with Gasteiger partial charge in [-0.2, -0.15) is 0 Å². The predicted octanol–water partition coefficient (Wildman–Crippen LogP) is 5.96. The van der Waals surface area contributed by atoms with Crippen molar-refractivity contribution in [1.29, 1.82) is 0 Å². The molecule has 0 spiro atoms. The summed E-state index contributed by atoms with van der Waals surface area (Å²) < 4.78 is 41.4. The Morgan fingerprint density at radius 3 is 2.05 bits per heavy atom. The van der Waals surface area contributed by atoms with Crippen LogP contribution in [0.2, 0.25) is 0 Å². The van der Waals surface area contributed by atoms with E-state index in [9.17, 15) is 18.2 Å². The summed E-state index contributed by atoms with van der Waals surface area (Å²) in [5.41, 5.74) is 5.35. The van der Waals surface area contributed by atoms with E-state index in [1.807, 2.05) is 30.3 Å². The van der Waals surface area contributed by atoms with Gasteiger partial charge in [-0.1, -0.05) is 30.3 Å². The average molecular weight is 520 g/mol. The van der Waals surface area contributed by atoms with Gasteiger partial charge in [-0.05, 0) is 93.1 Å². The van der Waals surface area contributed by atoms with Gasteiger partial charge in [-0.15, -0.1) is 0 Å².